The molecule has 0 radical (unpaired) electrons. The number of fused-ring (bicyclic) bond motifs is 1. The summed E-state index contributed by atoms with van der Waals surface area (Å²) in [6.07, 6.45) is 2.93. The number of aromatic nitrogens is 1. The molecule has 33 heavy (non-hydrogen) atoms. The van der Waals surface area contributed by atoms with Gasteiger partial charge in [0.1, 0.15) is 11.9 Å². The third-order valence-corrected chi connectivity index (χ3v) is 6.83. The van der Waals surface area contributed by atoms with Crippen LogP contribution in [-0.4, -0.2) is 46.8 Å². The fraction of sp³-hybridized carbons (Fsp3) is 0.269. The Kier molecular flexibility index (Phi) is 6.19. The standard InChI is InChI=1S/C26H23Cl2N3O2/c27-19-7-5-16-12-24(33)23(11-17-3-1-2-4-22(17)28)30-26(21(16)13-19)18-6-8-25(29-14-18)31-10-9-20(32)15-31/h1-8,13-14,20,23,32H,9-12,15H2/t20-,23?/m1/s1. The SMILES string of the molecule is O=C1Cc2ccc(Cl)cc2C(c2ccc(N3CC[C@@H](O)C3)nc2)=NC1Cc1ccccc1Cl. The molecule has 3 heterocycles. The zero-order valence-corrected chi connectivity index (χ0v) is 19.4. The summed E-state index contributed by atoms with van der Waals surface area (Å²) in [5.41, 5.74) is 4.17. The van der Waals surface area contributed by atoms with Crippen LogP contribution in [0.1, 0.15) is 28.7 Å². The van der Waals surface area contributed by atoms with E-state index < -0.39 is 6.04 Å². The summed E-state index contributed by atoms with van der Waals surface area (Å²) >= 11 is 12.7. The average Bonchev–Trinajstić information content (AvgIpc) is 3.20. The number of nitrogens with zero attached hydrogens (tertiary/aromatic N) is 3. The average molecular weight is 480 g/mol. The van der Waals surface area contributed by atoms with Crippen molar-refractivity contribution in [2.75, 3.05) is 18.0 Å². The van der Waals surface area contributed by atoms with Gasteiger partial charge in [-0.05, 0) is 47.9 Å². The van der Waals surface area contributed by atoms with Crippen LogP contribution >= 0.6 is 23.2 Å². The molecule has 5 nitrogen and oxygen atoms in total. The van der Waals surface area contributed by atoms with Crippen LogP contribution in [0.2, 0.25) is 10.0 Å². The van der Waals surface area contributed by atoms with Crippen LogP contribution in [-0.2, 0) is 17.6 Å². The molecule has 5 rings (SSSR count). The van der Waals surface area contributed by atoms with Crippen LogP contribution < -0.4 is 4.90 Å². The zero-order chi connectivity index (χ0) is 22.9. The highest BCUT2D eigenvalue weighted by molar-refractivity contribution is 6.32. The summed E-state index contributed by atoms with van der Waals surface area (Å²) in [7, 11) is 0. The second kappa shape index (κ2) is 9.26. The van der Waals surface area contributed by atoms with Gasteiger partial charge in [-0.1, -0.05) is 47.5 Å². The van der Waals surface area contributed by atoms with Crippen molar-refractivity contribution in [3.8, 4) is 0 Å². The number of carbonyl (C=O) groups is 1. The number of β-amino-alcohol motifs (C(OH)–C–C–N with tert-alkyl or cyclic N) is 1. The van der Waals surface area contributed by atoms with Crippen molar-refractivity contribution < 1.29 is 9.90 Å². The van der Waals surface area contributed by atoms with E-state index in [9.17, 15) is 9.90 Å². The van der Waals surface area contributed by atoms with Crippen LogP contribution in [0.25, 0.3) is 0 Å². The third-order valence-electron chi connectivity index (χ3n) is 6.23. The molecular weight excluding hydrogens is 457 g/mol. The molecule has 1 aromatic heterocycles. The number of rotatable bonds is 4. The molecule has 0 spiro atoms. The first-order valence-corrected chi connectivity index (χ1v) is 11.8. The first-order chi connectivity index (χ1) is 16.0. The Labute approximate surface area is 202 Å². The molecule has 3 aromatic rings. The second-order valence-electron chi connectivity index (χ2n) is 8.53. The molecule has 1 fully saturated rings. The predicted molar refractivity (Wildman–Crippen MR) is 132 cm³/mol. The Morgan fingerprint density at radius 2 is 1.94 bits per heavy atom. The van der Waals surface area contributed by atoms with Crippen molar-refractivity contribution >= 4 is 40.5 Å². The van der Waals surface area contributed by atoms with Crippen molar-refractivity contribution in [1.82, 2.24) is 4.98 Å². The number of pyridine rings is 1. The van der Waals surface area contributed by atoms with Gasteiger partial charge >= 0.3 is 0 Å². The van der Waals surface area contributed by atoms with Crippen LogP contribution in [0.15, 0.2) is 65.8 Å². The molecule has 0 bridgehead atoms. The molecule has 0 aliphatic carbocycles. The number of Topliss-reactive ketones (excluding diaryl/α,β-unsaturated/α-hetero) is 1. The summed E-state index contributed by atoms with van der Waals surface area (Å²) in [5.74, 6) is 0.864. The maximum Gasteiger partial charge on any atom is 0.162 e. The van der Waals surface area contributed by atoms with Gasteiger partial charge in [-0.3, -0.25) is 9.79 Å². The van der Waals surface area contributed by atoms with Crippen molar-refractivity contribution in [2.45, 2.75) is 31.4 Å². The lowest BCUT2D eigenvalue weighted by Gasteiger charge is -2.17. The predicted octanol–water partition coefficient (Wildman–Crippen LogP) is 4.53. The lowest BCUT2D eigenvalue weighted by atomic mass is 9.95. The smallest absolute Gasteiger partial charge is 0.162 e. The van der Waals surface area contributed by atoms with Gasteiger partial charge in [0, 0.05) is 53.3 Å². The molecule has 2 aliphatic rings. The lowest BCUT2D eigenvalue weighted by Crippen LogP contribution is -2.23. The highest BCUT2D eigenvalue weighted by atomic mass is 35.5. The van der Waals surface area contributed by atoms with E-state index in [1.165, 1.54) is 0 Å². The van der Waals surface area contributed by atoms with Gasteiger partial charge < -0.3 is 10.0 Å². The molecule has 2 atom stereocenters. The first kappa shape index (κ1) is 22.1. The molecule has 2 aliphatic heterocycles. The number of halogens is 2. The minimum atomic E-state index is -0.556. The van der Waals surface area contributed by atoms with E-state index in [4.69, 9.17) is 28.2 Å². The molecule has 1 saturated heterocycles. The minimum Gasteiger partial charge on any atom is -0.391 e. The van der Waals surface area contributed by atoms with Crippen LogP contribution in [0.3, 0.4) is 0 Å². The van der Waals surface area contributed by atoms with Crippen molar-refractivity contribution in [3.63, 3.8) is 0 Å². The molecule has 1 unspecified atom stereocenters. The summed E-state index contributed by atoms with van der Waals surface area (Å²) < 4.78 is 0. The normalized spacial score (nSPS) is 20.4. The quantitative estimate of drug-likeness (QED) is 0.596. The summed E-state index contributed by atoms with van der Waals surface area (Å²) in [4.78, 5) is 24.8. The molecule has 7 heteroatoms. The molecule has 168 valence electrons. The molecular formula is C26H23Cl2N3O2. The highest BCUT2D eigenvalue weighted by Gasteiger charge is 2.28. The summed E-state index contributed by atoms with van der Waals surface area (Å²) in [6, 6.07) is 16.5. The van der Waals surface area contributed by atoms with E-state index in [0.717, 1.165) is 41.0 Å². The summed E-state index contributed by atoms with van der Waals surface area (Å²) in [6.45, 7) is 1.36. The molecule has 0 saturated carbocycles. The van der Waals surface area contributed by atoms with Gasteiger partial charge in [0.25, 0.3) is 0 Å². The molecule has 0 amide bonds. The maximum absolute atomic E-state index is 13.2. The van der Waals surface area contributed by atoms with E-state index >= 15 is 0 Å². The number of aliphatic hydroxyl groups is 1. The number of hydrogen-bond donors (Lipinski definition) is 1. The highest BCUT2D eigenvalue weighted by Crippen LogP contribution is 2.28. The fourth-order valence-corrected chi connectivity index (χ4v) is 4.84. The second-order valence-corrected chi connectivity index (χ2v) is 9.37. The Hall–Kier alpha value is -2.73. The zero-order valence-electron chi connectivity index (χ0n) is 17.9. The largest absolute Gasteiger partial charge is 0.391 e. The van der Waals surface area contributed by atoms with Gasteiger partial charge in [-0.25, -0.2) is 4.98 Å². The molecule has 1 N–H and O–H groups in total. The number of carbonyl (C=O) groups excluding carboxylic acids is 1. The van der Waals surface area contributed by atoms with Crippen molar-refractivity contribution in [2.24, 2.45) is 4.99 Å². The van der Waals surface area contributed by atoms with E-state index in [-0.39, 0.29) is 18.3 Å². The topological polar surface area (TPSA) is 65.8 Å². The Balaban J connectivity index is 1.54. The third kappa shape index (κ3) is 4.67. The monoisotopic (exact) mass is 479 g/mol. The van der Waals surface area contributed by atoms with Crippen molar-refractivity contribution in [3.05, 3.63) is 93.1 Å². The van der Waals surface area contributed by atoms with Crippen LogP contribution in [0.5, 0.6) is 0 Å². The number of ketones is 1. The van der Waals surface area contributed by atoms with Gasteiger partial charge in [-0.2, -0.15) is 0 Å². The van der Waals surface area contributed by atoms with Crippen molar-refractivity contribution in [1.29, 1.82) is 0 Å². The van der Waals surface area contributed by atoms with E-state index in [0.29, 0.717) is 28.7 Å². The van der Waals surface area contributed by atoms with E-state index in [1.807, 2.05) is 48.5 Å². The first-order valence-electron chi connectivity index (χ1n) is 11.0. The minimum absolute atomic E-state index is 0.0455. The Morgan fingerprint density at radius 3 is 2.67 bits per heavy atom. The summed E-state index contributed by atoms with van der Waals surface area (Å²) in [5, 5.41) is 11.1. The Bertz CT molecular complexity index is 1230. The van der Waals surface area contributed by atoms with Gasteiger partial charge in [0.15, 0.2) is 5.78 Å². The maximum atomic E-state index is 13.2. The number of aliphatic hydroxyl groups excluding tert-OH is 1. The van der Waals surface area contributed by atoms with Gasteiger partial charge in [0.05, 0.1) is 11.8 Å². The number of aliphatic imine (C=N–C) groups is 1. The number of hydrogen-bond acceptors (Lipinski definition) is 5. The number of anilines is 1. The number of benzene rings is 2. The van der Waals surface area contributed by atoms with Crippen LogP contribution in [0.4, 0.5) is 5.82 Å². The van der Waals surface area contributed by atoms with E-state index in [1.54, 1.807) is 12.3 Å². The van der Waals surface area contributed by atoms with Crippen LogP contribution in [0, 0.1) is 0 Å². The van der Waals surface area contributed by atoms with Gasteiger partial charge in [0.2, 0.25) is 0 Å². The lowest BCUT2D eigenvalue weighted by molar-refractivity contribution is -0.119. The fourth-order valence-electron chi connectivity index (χ4n) is 4.45. The van der Waals surface area contributed by atoms with Gasteiger partial charge in [-0.15, -0.1) is 0 Å². The molecule has 2 aromatic carbocycles. The van der Waals surface area contributed by atoms with E-state index in [2.05, 4.69) is 9.88 Å². The Morgan fingerprint density at radius 1 is 1.09 bits per heavy atom.